The second-order valence-electron chi connectivity index (χ2n) is 5.40. The van der Waals surface area contributed by atoms with Gasteiger partial charge in [-0.15, -0.1) is 0 Å². The number of carbonyl (C=O) groups excluding carboxylic acids is 1. The van der Waals surface area contributed by atoms with Gasteiger partial charge in [0.1, 0.15) is 5.82 Å². The van der Waals surface area contributed by atoms with Gasteiger partial charge in [0.05, 0.1) is 17.7 Å². The Labute approximate surface area is 139 Å². The number of esters is 1. The highest BCUT2D eigenvalue weighted by Gasteiger charge is 2.11. The van der Waals surface area contributed by atoms with Crippen LogP contribution in [0.1, 0.15) is 23.0 Å². The van der Waals surface area contributed by atoms with E-state index < -0.39 is 0 Å². The minimum Gasteiger partial charge on any atom is -0.462 e. The third kappa shape index (κ3) is 3.35. The molecule has 0 atom stereocenters. The maximum absolute atomic E-state index is 13.1. The van der Waals surface area contributed by atoms with Gasteiger partial charge >= 0.3 is 5.97 Å². The van der Waals surface area contributed by atoms with Crippen LogP contribution in [0.5, 0.6) is 0 Å². The summed E-state index contributed by atoms with van der Waals surface area (Å²) in [6, 6.07) is 13.2. The van der Waals surface area contributed by atoms with Gasteiger partial charge in [-0.25, -0.2) is 9.18 Å². The van der Waals surface area contributed by atoms with Crippen molar-refractivity contribution in [2.24, 2.45) is 0 Å². The van der Waals surface area contributed by atoms with Crippen LogP contribution < -0.4 is 5.32 Å². The Kier molecular flexibility index (Phi) is 4.42. The zero-order valence-corrected chi connectivity index (χ0v) is 13.5. The number of aromatic nitrogens is 1. The van der Waals surface area contributed by atoms with Gasteiger partial charge in [-0.2, -0.15) is 0 Å². The quantitative estimate of drug-likeness (QED) is 0.712. The molecule has 122 valence electrons. The fraction of sp³-hybridized carbons (Fsp3) is 0.158. The highest BCUT2D eigenvalue weighted by Crippen LogP contribution is 2.27. The maximum atomic E-state index is 13.1. The zero-order valence-electron chi connectivity index (χ0n) is 13.5. The molecular weight excluding hydrogens is 307 g/mol. The van der Waals surface area contributed by atoms with Crippen LogP contribution in [0.15, 0.2) is 48.5 Å². The molecule has 0 radical (unpaired) electrons. The number of rotatable bonds is 4. The summed E-state index contributed by atoms with van der Waals surface area (Å²) in [5.74, 6) is -0.659. The Morgan fingerprint density at radius 2 is 1.92 bits per heavy atom. The van der Waals surface area contributed by atoms with Crippen LogP contribution >= 0.6 is 0 Å². The number of nitrogens with zero attached hydrogens (tertiary/aromatic N) is 1. The molecule has 0 fully saturated rings. The standard InChI is InChI=1S/C19H17FN2O2/c1-3-24-19(23)13-4-9-17-16(11-13)18(10-12(2)21-17)22-15-7-5-14(20)6-8-15/h4-11H,3H2,1-2H3,(H,21,22). The van der Waals surface area contributed by atoms with E-state index in [0.717, 1.165) is 28.0 Å². The monoisotopic (exact) mass is 324 g/mol. The smallest absolute Gasteiger partial charge is 0.338 e. The Balaban J connectivity index is 2.05. The average molecular weight is 324 g/mol. The number of pyridine rings is 1. The van der Waals surface area contributed by atoms with E-state index in [1.165, 1.54) is 12.1 Å². The number of carbonyl (C=O) groups is 1. The summed E-state index contributed by atoms with van der Waals surface area (Å²) in [6.45, 7) is 3.99. The summed E-state index contributed by atoms with van der Waals surface area (Å²) < 4.78 is 18.1. The van der Waals surface area contributed by atoms with Crippen LogP contribution in [0, 0.1) is 12.7 Å². The number of fused-ring (bicyclic) bond motifs is 1. The number of hydrogen-bond donors (Lipinski definition) is 1. The fourth-order valence-corrected chi connectivity index (χ4v) is 2.49. The molecule has 24 heavy (non-hydrogen) atoms. The Bertz CT molecular complexity index is 892. The number of nitrogens with one attached hydrogen (secondary N) is 1. The van der Waals surface area contributed by atoms with E-state index in [1.807, 2.05) is 13.0 Å². The van der Waals surface area contributed by atoms with E-state index in [1.54, 1.807) is 37.3 Å². The fourth-order valence-electron chi connectivity index (χ4n) is 2.49. The van der Waals surface area contributed by atoms with Crippen LogP contribution in [0.25, 0.3) is 10.9 Å². The number of anilines is 2. The normalized spacial score (nSPS) is 10.6. The lowest BCUT2D eigenvalue weighted by atomic mass is 10.1. The van der Waals surface area contributed by atoms with Gasteiger partial charge in [-0.05, 0) is 62.4 Å². The third-order valence-corrected chi connectivity index (χ3v) is 3.57. The second kappa shape index (κ2) is 6.66. The summed E-state index contributed by atoms with van der Waals surface area (Å²) in [5.41, 5.74) is 3.64. The number of halogens is 1. The Morgan fingerprint density at radius 3 is 2.62 bits per heavy atom. The van der Waals surface area contributed by atoms with E-state index >= 15 is 0 Å². The summed E-state index contributed by atoms with van der Waals surface area (Å²) in [4.78, 5) is 16.4. The van der Waals surface area contributed by atoms with E-state index in [0.29, 0.717) is 12.2 Å². The first-order chi connectivity index (χ1) is 11.6. The molecule has 3 rings (SSSR count). The van der Waals surface area contributed by atoms with E-state index in [-0.39, 0.29) is 11.8 Å². The molecule has 0 spiro atoms. The molecule has 1 heterocycles. The van der Waals surface area contributed by atoms with Gasteiger partial charge in [0.2, 0.25) is 0 Å². The first kappa shape index (κ1) is 15.9. The number of ether oxygens (including phenoxy) is 1. The first-order valence-corrected chi connectivity index (χ1v) is 7.68. The van der Waals surface area contributed by atoms with Crippen LogP contribution in [0.4, 0.5) is 15.8 Å². The zero-order chi connectivity index (χ0) is 17.1. The van der Waals surface area contributed by atoms with Crippen LogP contribution in [-0.2, 0) is 4.74 Å². The molecule has 1 N–H and O–H groups in total. The summed E-state index contributed by atoms with van der Waals surface area (Å²) in [5, 5.41) is 4.06. The molecule has 0 bridgehead atoms. The number of hydrogen-bond acceptors (Lipinski definition) is 4. The topological polar surface area (TPSA) is 51.2 Å². The van der Waals surface area contributed by atoms with Gasteiger partial charge in [0, 0.05) is 22.5 Å². The molecule has 0 saturated heterocycles. The van der Waals surface area contributed by atoms with Gasteiger partial charge < -0.3 is 10.1 Å². The molecule has 0 aliphatic rings. The van der Waals surface area contributed by atoms with Gasteiger partial charge in [0.25, 0.3) is 0 Å². The molecular formula is C19H17FN2O2. The number of benzene rings is 2. The van der Waals surface area contributed by atoms with Gasteiger partial charge in [0.15, 0.2) is 0 Å². The van der Waals surface area contributed by atoms with E-state index in [2.05, 4.69) is 10.3 Å². The summed E-state index contributed by atoms with van der Waals surface area (Å²) in [6.07, 6.45) is 0. The molecule has 0 aliphatic carbocycles. The van der Waals surface area contributed by atoms with Crippen LogP contribution in [0.3, 0.4) is 0 Å². The molecule has 2 aromatic carbocycles. The molecule has 5 heteroatoms. The molecule has 3 aromatic rings. The molecule has 4 nitrogen and oxygen atoms in total. The highest BCUT2D eigenvalue weighted by atomic mass is 19.1. The molecule has 0 amide bonds. The number of aryl methyl sites for hydroxylation is 1. The van der Waals surface area contributed by atoms with Crippen molar-refractivity contribution in [2.45, 2.75) is 13.8 Å². The highest BCUT2D eigenvalue weighted by molar-refractivity contribution is 5.99. The van der Waals surface area contributed by atoms with Crippen molar-refractivity contribution in [1.29, 1.82) is 0 Å². The van der Waals surface area contributed by atoms with Crippen LogP contribution in [0.2, 0.25) is 0 Å². The lowest BCUT2D eigenvalue weighted by molar-refractivity contribution is 0.0526. The Hall–Kier alpha value is -2.95. The van der Waals surface area contributed by atoms with Crippen molar-refractivity contribution in [1.82, 2.24) is 4.98 Å². The summed E-state index contributed by atoms with van der Waals surface area (Å²) >= 11 is 0. The lowest BCUT2D eigenvalue weighted by Gasteiger charge is -2.12. The second-order valence-corrected chi connectivity index (χ2v) is 5.40. The van der Waals surface area contributed by atoms with Gasteiger partial charge in [-0.3, -0.25) is 4.98 Å². The van der Waals surface area contributed by atoms with Gasteiger partial charge in [-0.1, -0.05) is 0 Å². The summed E-state index contributed by atoms with van der Waals surface area (Å²) in [7, 11) is 0. The predicted molar refractivity (Wildman–Crippen MR) is 92.1 cm³/mol. The molecule has 0 unspecified atom stereocenters. The molecule has 1 aromatic heterocycles. The van der Waals surface area contributed by atoms with Crippen molar-refractivity contribution < 1.29 is 13.9 Å². The minimum absolute atomic E-state index is 0.291. The minimum atomic E-state index is -0.368. The largest absolute Gasteiger partial charge is 0.462 e. The Morgan fingerprint density at radius 1 is 1.17 bits per heavy atom. The SMILES string of the molecule is CCOC(=O)c1ccc2nc(C)cc(Nc3ccc(F)cc3)c2c1. The maximum Gasteiger partial charge on any atom is 0.338 e. The first-order valence-electron chi connectivity index (χ1n) is 7.68. The van der Waals surface area contributed by atoms with Crippen molar-refractivity contribution in [3.05, 3.63) is 65.6 Å². The van der Waals surface area contributed by atoms with Crippen LogP contribution in [-0.4, -0.2) is 17.6 Å². The van der Waals surface area contributed by atoms with Crippen molar-refractivity contribution in [3.8, 4) is 0 Å². The molecule has 0 saturated carbocycles. The van der Waals surface area contributed by atoms with Crippen molar-refractivity contribution >= 4 is 28.2 Å². The average Bonchev–Trinajstić information content (AvgIpc) is 2.56. The molecule has 0 aliphatic heterocycles. The lowest BCUT2D eigenvalue weighted by Crippen LogP contribution is -2.05. The third-order valence-electron chi connectivity index (χ3n) is 3.57. The van der Waals surface area contributed by atoms with E-state index in [9.17, 15) is 9.18 Å². The van der Waals surface area contributed by atoms with Crippen molar-refractivity contribution in [3.63, 3.8) is 0 Å². The van der Waals surface area contributed by atoms with Crippen molar-refractivity contribution in [2.75, 3.05) is 11.9 Å². The van der Waals surface area contributed by atoms with E-state index in [4.69, 9.17) is 4.74 Å². The predicted octanol–water partition coefficient (Wildman–Crippen LogP) is 4.60.